The zero-order valence-corrected chi connectivity index (χ0v) is 19.0. The molecule has 8 nitrogen and oxygen atoms in total. The molecular weight excluding hydrogens is 481 g/mol. The van der Waals surface area contributed by atoms with Crippen molar-refractivity contribution >= 4 is 35.8 Å². The second-order valence-electron chi connectivity index (χ2n) is 7.66. The molecule has 0 radical (unpaired) electrons. The fourth-order valence-corrected chi connectivity index (χ4v) is 4.16. The van der Waals surface area contributed by atoms with Crippen LogP contribution in [-0.4, -0.2) is 57.7 Å². The number of nitrogens with one attached hydrogen (secondary N) is 2. The number of halogens is 1. The second kappa shape index (κ2) is 9.55. The molecule has 2 aliphatic heterocycles. The van der Waals surface area contributed by atoms with E-state index in [0.29, 0.717) is 13.0 Å². The summed E-state index contributed by atoms with van der Waals surface area (Å²) in [6, 6.07) is 8.18. The maximum atomic E-state index is 11.8. The highest BCUT2D eigenvalue weighted by Crippen LogP contribution is 2.36. The number of aliphatic imine (C=N–C) groups is 1. The Hall–Kier alpha value is -2.17. The predicted octanol–water partition coefficient (Wildman–Crippen LogP) is 1.95. The Morgan fingerprint density at radius 3 is 3.03 bits per heavy atom. The molecule has 0 saturated carbocycles. The summed E-state index contributed by atoms with van der Waals surface area (Å²) in [5, 5.41) is 10.6. The van der Waals surface area contributed by atoms with Crippen molar-refractivity contribution in [3.8, 4) is 5.69 Å². The van der Waals surface area contributed by atoms with Gasteiger partial charge in [0.2, 0.25) is 5.91 Å². The first-order chi connectivity index (χ1) is 13.7. The number of amides is 1. The van der Waals surface area contributed by atoms with Gasteiger partial charge in [0.25, 0.3) is 0 Å². The molecule has 9 heteroatoms. The van der Waals surface area contributed by atoms with E-state index in [2.05, 4.69) is 44.7 Å². The van der Waals surface area contributed by atoms with E-state index in [1.54, 1.807) is 11.0 Å². The third-order valence-electron chi connectivity index (χ3n) is 5.50. The highest BCUT2D eigenvalue weighted by atomic mass is 127. The molecule has 0 bridgehead atoms. The third-order valence-corrected chi connectivity index (χ3v) is 5.50. The van der Waals surface area contributed by atoms with E-state index in [9.17, 15) is 4.79 Å². The van der Waals surface area contributed by atoms with Gasteiger partial charge in [-0.15, -0.1) is 24.0 Å². The summed E-state index contributed by atoms with van der Waals surface area (Å²) in [5.74, 6) is 1.10. The van der Waals surface area contributed by atoms with Crippen molar-refractivity contribution in [1.82, 2.24) is 30.3 Å². The van der Waals surface area contributed by atoms with Crippen LogP contribution >= 0.6 is 24.0 Å². The van der Waals surface area contributed by atoms with Gasteiger partial charge in [-0.25, -0.2) is 14.7 Å². The Kier molecular flexibility index (Phi) is 7.09. The van der Waals surface area contributed by atoms with Crippen LogP contribution in [0.25, 0.3) is 5.69 Å². The number of hydrogen-bond acceptors (Lipinski definition) is 4. The largest absolute Gasteiger partial charge is 0.357 e. The average Bonchev–Trinajstić information content (AvgIpc) is 3.36. The molecule has 1 unspecified atom stereocenters. The van der Waals surface area contributed by atoms with Crippen LogP contribution in [0.4, 0.5) is 0 Å². The summed E-state index contributed by atoms with van der Waals surface area (Å²) in [7, 11) is 0. The van der Waals surface area contributed by atoms with Crippen LogP contribution < -0.4 is 10.6 Å². The van der Waals surface area contributed by atoms with Gasteiger partial charge < -0.3 is 15.5 Å². The molecule has 3 heterocycles. The molecule has 2 aromatic rings. The number of benzene rings is 1. The van der Waals surface area contributed by atoms with E-state index < -0.39 is 0 Å². The van der Waals surface area contributed by atoms with Gasteiger partial charge in [0.05, 0.1) is 12.2 Å². The molecule has 2 aliphatic rings. The van der Waals surface area contributed by atoms with Crippen molar-refractivity contribution in [2.45, 2.75) is 32.7 Å². The summed E-state index contributed by atoms with van der Waals surface area (Å²) in [5.41, 5.74) is 2.15. The Bertz CT molecular complexity index is 854. The Morgan fingerprint density at radius 2 is 2.31 bits per heavy atom. The van der Waals surface area contributed by atoms with Crippen LogP contribution in [0.3, 0.4) is 0 Å². The molecule has 2 fully saturated rings. The molecule has 1 spiro atoms. The van der Waals surface area contributed by atoms with Crippen LogP contribution in [0.5, 0.6) is 0 Å². The highest BCUT2D eigenvalue weighted by Gasteiger charge is 2.42. The van der Waals surface area contributed by atoms with Crippen LogP contribution in [0, 0.1) is 5.41 Å². The summed E-state index contributed by atoms with van der Waals surface area (Å²) < 4.78 is 1.75. The van der Waals surface area contributed by atoms with Crippen LogP contribution in [-0.2, 0) is 11.3 Å². The van der Waals surface area contributed by atoms with Gasteiger partial charge in [-0.2, -0.15) is 5.10 Å². The monoisotopic (exact) mass is 509 g/mol. The van der Waals surface area contributed by atoms with E-state index in [-0.39, 0.29) is 35.3 Å². The normalized spacial score (nSPS) is 21.8. The van der Waals surface area contributed by atoms with Gasteiger partial charge in [0.15, 0.2) is 5.96 Å². The number of piperidine rings is 1. The van der Waals surface area contributed by atoms with Crippen molar-refractivity contribution in [1.29, 1.82) is 0 Å². The topological polar surface area (TPSA) is 87.4 Å². The fourth-order valence-electron chi connectivity index (χ4n) is 4.16. The SMILES string of the molecule is CCNC(=NCc1cccc(-n2cncn2)c1)N1CCCC2(CNC(=O)C2)C1.I. The maximum Gasteiger partial charge on any atom is 0.220 e. The van der Waals surface area contributed by atoms with Crippen molar-refractivity contribution < 1.29 is 4.79 Å². The van der Waals surface area contributed by atoms with E-state index in [1.807, 2.05) is 12.1 Å². The minimum absolute atomic E-state index is 0. The lowest BCUT2D eigenvalue weighted by Gasteiger charge is -2.40. The van der Waals surface area contributed by atoms with E-state index in [0.717, 1.165) is 56.2 Å². The third kappa shape index (κ3) is 5.06. The maximum absolute atomic E-state index is 11.8. The number of rotatable bonds is 4. The zero-order chi connectivity index (χ0) is 19.4. The number of carbonyl (C=O) groups excluding carboxylic acids is 1. The number of nitrogens with zero attached hydrogens (tertiary/aromatic N) is 5. The van der Waals surface area contributed by atoms with Gasteiger partial charge in [-0.05, 0) is 37.5 Å². The minimum atomic E-state index is 0. The molecule has 29 heavy (non-hydrogen) atoms. The molecule has 156 valence electrons. The molecule has 1 aromatic carbocycles. The number of hydrogen-bond donors (Lipinski definition) is 2. The molecule has 4 rings (SSSR count). The van der Waals surface area contributed by atoms with Gasteiger partial charge in [-0.1, -0.05) is 12.1 Å². The van der Waals surface area contributed by atoms with Crippen molar-refractivity contribution in [3.05, 3.63) is 42.5 Å². The second-order valence-corrected chi connectivity index (χ2v) is 7.66. The lowest BCUT2D eigenvalue weighted by Crippen LogP contribution is -2.51. The first-order valence-electron chi connectivity index (χ1n) is 9.91. The Balaban J connectivity index is 0.00000240. The zero-order valence-electron chi connectivity index (χ0n) is 16.7. The standard InChI is InChI=1S/C20H27N7O.HI/c1-2-22-19(26-8-4-7-20(13-26)10-18(28)24-12-20)23-11-16-5-3-6-17(9-16)27-15-21-14-25-27;/h3,5-6,9,14-15H,2,4,7-8,10-13H2,1H3,(H,22,23)(H,24,28);1H. The summed E-state index contributed by atoms with van der Waals surface area (Å²) >= 11 is 0. The molecule has 1 atom stereocenters. The van der Waals surface area contributed by atoms with Crippen molar-refractivity contribution in [3.63, 3.8) is 0 Å². The molecular formula is C20H28IN7O. The van der Waals surface area contributed by atoms with Crippen molar-refractivity contribution in [2.24, 2.45) is 10.4 Å². The van der Waals surface area contributed by atoms with Crippen LogP contribution in [0.1, 0.15) is 31.7 Å². The lowest BCUT2D eigenvalue weighted by molar-refractivity contribution is -0.119. The smallest absolute Gasteiger partial charge is 0.220 e. The van der Waals surface area contributed by atoms with Gasteiger partial charge in [0.1, 0.15) is 12.7 Å². The van der Waals surface area contributed by atoms with Gasteiger partial charge >= 0.3 is 0 Å². The quantitative estimate of drug-likeness (QED) is 0.374. The van der Waals surface area contributed by atoms with Crippen LogP contribution in [0.2, 0.25) is 0 Å². The van der Waals surface area contributed by atoms with Gasteiger partial charge in [-0.3, -0.25) is 4.79 Å². The van der Waals surface area contributed by atoms with E-state index in [1.165, 1.54) is 6.33 Å². The molecule has 2 N–H and O–H groups in total. The van der Waals surface area contributed by atoms with Crippen LogP contribution in [0.15, 0.2) is 41.9 Å². The minimum Gasteiger partial charge on any atom is -0.357 e. The first kappa shape index (κ1) is 21.5. The Morgan fingerprint density at radius 1 is 1.41 bits per heavy atom. The summed E-state index contributed by atoms with van der Waals surface area (Å²) in [4.78, 5) is 23.0. The number of carbonyl (C=O) groups is 1. The summed E-state index contributed by atoms with van der Waals surface area (Å²) in [6.07, 6.45) is 6.03. The van der Waals surface area contributed by atoms with E-state index >= 15 is 0 Å². The predicted molar refractivity (Wildman–Crippen MR) is 122 cm³/mol. The van der Waals surface area contributed by atoms with E-state index in [4.69, 9.17) is 4.99 Å². The molecule has 1 amide bonds. The highest BCUT2D eigenvalue weighted by molar-refractivity contribution is 14.0. The number of guanidine groups is 1. The number of likely N-dealkylation sites (tertiary alicyclic amines) is 1. The molecule has 2 saturated heterocycles. The molecule has 1 aromatic heterocycles. The average molecular weight is 509 g/mol. The first-order valence-corrected chi connectivity index (χ1v) is 9.91. The molecule has 0 aliphatic carbocycles. The Labute approximate surface area is 188 Å². The fraction of sp³-hybridized carbons (Fsp3) is 0.500. The lowest BCUT2D eigenvalue weighted by atomic mass is 9.79. The van der Waals surface area contributed by atoms with Gasteiger partial charge in [0, 0.05) is 38.0 Å². The number of aromatic nitrogens is 3. The van der Waals surface area contributed by atoms with Crippen molar-refractivity contribution in [2.75, 3.05) is 26.2 Å². The summed E-state index contributed by atoms with van der Waals surface area (Å²) in [6.45, 7) is 6.12.